The van der Waals surface area contributed by atoms with Crippen LogP contribution in [0.3, 0.4) is 0 Å². The smallest absolute Gasteiger partial charge is 0.228 e. The van der Waals surface area contributed by atoms with Crippen LogP contribution in [0.5, 0.6) is 0 Å². The van der Waals surface area contributed by atoms with Crippen molar-refractivity contribution in [1.82, 2.24) is 9.97 Å². The fourth-order valence-electron chi connectivity index (χ4n) is 2.92. The van der Waals surface area contributed by atoms with Crippen LogP contribution in [0.2, 0.25) is 0 Å². The summed E-state index contributed by atoms with van der Waals surface area (Å²) in [5.41, 5.74) is 5.93. The summed E-state index contributed by atoms with van der Waals surface area (Å²) in [5, 5.41) is 5.99. The number of rotatable bonds is 5. The third-order valence-corrected chi connectivity index (χ3v) is 5.36. The topological polar surface area (TPSA) is 54.9 Å². The van der Waals surface area contributed by atoms with Crippen molar-refractivity contribution in [1.29, 1.82) is 0 Å². The lowest BCUT2D eigenvalue weighted by Crippen LogP contribution is -2.15. The molecule has 138 valence electrons. The highest BCUT2D eigenvalue weighted by atomic mass is 32.1. The SMILES string of the molecule is Cc1ccccc1NC(=O)Cc1ccc(-c2csc(-c3ccncc3)n2)cc1. The molecule has 4 aromatic rings. The molecule has 0 aliphatic carbocycles. The number of nitrogens with one attached hydrogen (secondary N) is 1. The van der Waals surface area contributed by atoms with Crippen LogP contribution in [0.4, 0.5) is 5.69 Å². The van der Waals surface area contributed by atoms with E-state index in [-0.39, 0.29) is 5.91 Å². The van der Waals surface area contributed by atoms with Gasteiger partial charge in [-0.25, -0.2) is 4.98 Å². The average molecular weight is 385 g/mol. The minimum Gasteiger partial charge on any atom is -0.326 e. The number of nitrogens with zero attached hydrogens (tertiary/aromatic N) is 2. The molecule has 0 fully saturated rings. The first-order valence-corrected chi connectivity index (χ1v) is 9.88. The number of para-hydroxylation sites is 1. The molecule has 0 radical (unpaired) electrons. The number of thiazole rings is 1. The van der Waals surface area contributed by atoms with Crippen LogP contribution in [0, 0.1) is 6.92 Å². The van der Waals surface area contributed by atoms with Crippen LogP contribution in [0.1, 0.15) is 11.1 Å². The highest BCUT2D eigenvalue weighted by molar-refractivity contribution is 7.13. The Morgan fingerprint density at radius 3 is 2.46 bits per heavy atom. The van der Waals surface area contributed by atoms with E-state index in [2.05, 4.69) is 15.7 Å². The normalized spacial score (nSPS) is 10.6. The Labute approximate surface area is 167 Å². The van der Waals surface area contributed by atoms with Crippen molar-refractivity contribution >= 4 is 22.9 Å². The number of hydrogen-bond donors (Lipinski definition) is 1. The zero-order valence-corrected chi connectivity index (χ0v) is 16.2. The Morgan fingerprint density at radius 2 is 1.71 bits per heavy atom. The standard InChI is InChI=1S/C23H19N3OS/c1-16-4-2-3-5-20(16)25-22(27)14-17-6-8-18(9-7-17)21-15-28-23(26-21)19-10-12-24-13-11-19/h2-13,15H,14H2,1H3,(H,25,27). The molecule has 2 aromatic heterocycles. The summed E-state index contributed by atoms with van der Waals surface area (Å²) in [5.74, 6) is -0.0179. The zero-order chi connectivity index (χ0) is 19.3. The quantitative estimate of drug-likeness (QED) is 0.503. The molecule has 2 heterocycles. The van der Waals surface area contributed by atoms with Gasteiger partial charge < -0.3 is 5.32 Å². The van der Waals surface area contributed by atoms with Crippen molar-refractivity contribution in [2.45, 2.75) is 13.3 Å². The summed E-state index contributed by atoms with van der Waals surface area (Å²) < 4.78 is 0. The molecule has 0 unspecified atom stereocenters. The molecule has 4 rings (SSSR count). The number of aromatic nitrogens is 2. The van der Waals surface area contributed by atoms with Gasteiger partial charge in [-0.05, 0) is 36.2 Å². The Kier molecular flexibility index (Phi) is 5.26. The van der Waals surface area contributed by atoms with Gasteiger partial charge in [-0.15, -0.1) is 11.3 Å². The van der Waals surface area contributed by atoms with Crippen molar-refractivity contribution < 1.29 is 4.79 Å². The minimum absolute atomic E-state index is 0.0179. The molecule has 0 saturated heterocycles. The summed E-state index contributed by atoms with van der Waals surface area (Å²) in [6.45, 7) is 1.98. The largest absolute Gasteiger partial charge is 0.326 e. The number of amides is 1. The second kappa shape index (κ2) is 8.15. The Bertz CT molecular complexity index is 1090. The molecule has 0 aliphatic rings. The molecule has 0 aliphatic heterocycles. The van der Waals surface area contributed by atoms with Gasteiger partial charge in [-0.2, -0.15) is 0 Å². The number of anilines is 1. The van der Waals surface area contributed by atoms with Crippen molar-refractivity contribution in [2.24, 2.45) is 0 Å². The highest BCUT2D eigenvalue weighted by Gasteiger charge is 2.09. The number of aryl methyl sites for hydroxylation is 1. The van der Waals surface area contributed by atoms with E-state index in [0.717, 1.165) is 38.6 Å². The van der Waals surface area contributed by atoms with Gasteiger partial charge in [0.25, 0.3) is 0 Å². The number of benzene rings is 2. The second-order valence-corrected chi connectivity index (χ2v) is 7.37. The van der Waals surface area contributed by atoms with Crippen molar-refractivity contribution in [3.63, 3.8) is 0 Å². The van der Waals surface area contributed by atoms with E-state index >= 15 is 0 Å². The summed E-state index contributed by atoms with van der Waals surface area (Å²) in [4.78, 5) is 21.1. The molecule has 0 atom stereocenters. The lowest BCUT2D eigenvalue weighted by molar-refractivity contribution is -0.115. The first kappa shape index (κ1) is 18.1. The molecule has 0 bridgehead atoms. The van der Waals surface area contributed by atoms with Crippen LogP contribution in [-0.2, 0) is 11.2 Å². The predicted molar refractivity (Wildman–Crippen MR) is 114 cm³/mol. The Morgan fingerprint density at radius 1 is 0.964 bits per heavy atom. The maximum atomic E-state index is 12.3. The lowest BCUT2D eigenvalue weighted by Gasteiger charge is -2.08. The van der Waals surface area contributed by atoms with Gasteiger partial charge in [0, 0.05) is 34.6 Å². The molecule has 28 heavy (non-hydrogen) atoms. The minimum atomic E-state index is -0.0179. The van der Waals surface area contributed by atoms with Crippen LogP contribution in [0.15, 0.2) is 78.4 Å². The fraction of sp³-hybridized carbons (Fsp3) is 0.0870. The molecule has 2 aromatic carbocycles. The van der Waals surface area contributed by atoms with E-state index in [9.17, 15) is 4.79 Å². The van der Waals surface area contributed by atoms with Crippen molar-refractivity contribution in [3.8, 4) is 21.8 Å². The molecule has 4 nitrogen and oxygen atoms in total. The van der Waals surface area contributed by atoms with Crippen LogP contribution in [-0.4, -0.2) is 15.9 Å². The molecule has 5 heteroatoms. The number of carbonyl (C=O) groups is 1. The lowest BCUT2D eigenvalue weighted by atomic mass is 10.1. The Balaban J connectivity index is 1.44. The first-order valence-electron chi connectivity index (χ1n) is 9.00. The summed E-state index contributed by atoms with van der Waals surface area (Å²) in [6, 6.07) is 19.7. The van der Waals surface area contributed by atoms with Gasteiger partial charge in [-0.3, -0.25) is 9.78 Å². The second-order valence-electron chi connectivity index (χ2n) is 6.51. The number of hydrogen-bond acceptors (Lipinski definition) is 4. The third kappa shape index (κ3) is 4.15. The molecular formula is C23H19N3OS. The molecule has 1 amide bonds. The van der Waals surface area contributed by atoms with Gasteiger partial charge in [0.05, 0.1) is 12.1 Å². The maximum absolute atomic E-state index is 12.3. The van der Waals surface area contributed by atoms with E-state index in [1.54, 1.807) is 23.7 Å². The van der Waals surface area contributed by atoms with Gasteiger partial charge in [0.1, 0.15) is 5.01 Å². The fourth-order valence-corrected chi connectivity index (χ4v) is 3.75. The van der Waals surface area contributed by atoms with Gasteiger partial charge >= 0.3 is 0 Å². The van der Waals surface area contributed by atoms with Gasteiger partial charge in [0.15, 0.2) is 0 Å². The van der Waals surface area contributed by atoms with Gasteiger partial charge in [-0.1, -0.05) is 42.5 Å². The number of pyridine rings is 1. The summed E-state index contributed by atoms with van der Waals surface area (Å²) in [6.07, 6.45) is 3.88. The van der Waals surface area contributed by atoms with Gasteiger partial charge in [0.2, 0.25) is 5.91 Å². The Hall–Kier alpha value is -3.31. The zero-order valence-electron chi connectivity index (χ0n) is 15.4. The third-order valence-electron chi connectivity index (χ3n) is 4.46. The molecule has 1 N–H and O–H groups in total. The van der Waals surface area contributed by atoms with Crippen LogP contribution >= 0.6 is 11.3 Å². The van der Waals surface area contributed by atoms with E-state index in [0.29, 0.717) is 6.42 Å². The molecule has 0 spiro atoms. The monoisotopic (exact) mass is 385 g/mol. The average Bonchev–Trinajstić information content (AvgIpc) is 3.21. The molecular weight excluding hydrogens is 366 g/mol. The summed E-state index contributed by atoms with van der Waals surface area (Å²) in [7, 11) is 0. The molecule has 0 saturated carbocycles. The van der Waals surface area contributed by atoms with E-state index < -0.39 is 0 Å². The maximum Gasteiger partial charge on any atom is 0.228 e. The van der Waals surface area contributed by atoms with E-state index in [1.807, 2.05) is 67.6 Å². The highest BCUT2D eigenvalue weighted by Crippen LogP contribution is 2.28. The first-order chi connectivity index (χ1) is 13.7. The number of carbonyl (C=O) groups excluding carboxylic acids is 1. The summed E-state index contributed by atoms with van der Waals surface area (Å²) >= 11 is 1.61. The van der Waals surface area contributed by atoms with Crippen molar-refractivity contribution in [3.05, 3.63) is 89.6 Å². The van der Waals surface area contributed by atoms with E-state index in [1.165, 1.54) is 0 Å². The van der Waals surface area contributed by atoms with Crippen molar-refractivity contribution in [2.75, 3.05) is 5.32 Å². The van der Waals surface area contributed by atoms with E-state index in [4.69, 9.17) is 4.98 Å². The predicted octanol–water partition coefficient (Wildman–Crippen LogP) is 5.36. The van der Waals surface area contributed by atoms with Crippen LogP contribution < -0.4 is 5.32 Å². The van der Waals surface area contributed by atoms with Crippen LogP contribution in [0.25, 0.3) is 21.8 Å².